The van der Waals surface area contributed by atoms with E-state index in [1.165, 1.54) is 5.69 Å². The summed E-state index contributed by atoms with van der Waals surface area (Å²) in [5, 5.41) is 9.13. The van der Waals surface area contributed by atoms with Crippen molar-refractivity contribution in [1.82, 2.24) is 4.90 Å². The van der Waals surface area contributed by atoms with E-state index in [2.05, 4.69) is 67.8 Å². The molecule has 0 saturated carbocycles. The molecule has 5 rings (SSSR count). The van der Waals surface area contributed by atoms with E-state index in [4.69, 9.17) is 19.6 Å². The van der Waals surface area contributed by atoms with Crippen molar-refractivity contribution < 1.29 is 9.31 Å². The fourth-order valence-corrected chi connectivity index (χ4v) is 4.48. The Morgan fingerprint density at radius 1 is 0.906 bits per heavy atom. The van der Waals surface area contributed by atoms with Gasteiger partial charge in [0.25, 0.3) is 0 Å². The molecule has 0 spiro atoms. The fraction of sp³-hybridized carbons (Fsp3) is 0.440. The second-order valence-corrected chi connectivity index (χ2v) is 9.81. The lowest BCUT2D eigenvalue weighted by Crippen LogP contribution is -2.49. The maximum absolute atomic E-state index is 9.13. The number of piperazine rings is 1. The Labute approximate surface area is 190 Å². The predicted molar refractivity (Wildman–Crippen MR) is 128 cm³/mol. The Hall–Kier alpha value is -2.82. The Morgan fingerprint density at radius 2 is 1.53 bits per heavy atom. The second kappa shape index (κ2) is 7.65. The average molecular weight is 428 g/mol. The van der Waals surface area contributed by atoms with E-state index in [-0.39, 0.29) is 18.3 Å². The monoisotopic (exact) mass is 428 g/mol. The zero-order chi connectivity index (χ0) is 22.5. The first-order valence-corrected chi connectivity index (χ1v) is 11.3. The molecule has 0 radical (unpaired) electrons. The topological polar surface area (TPSA) is 61.1 Å². The van der Waals surface area contributed by atoms with Crippen molar-refractivity contribution in [1.29, 1.82) is 5.26 Å². The van der Waals surface area contributed by atoms with Crippen LogP contribution >= 0.6 is 0 Å². The SMILES string of the molecule is CC1(C)OB(c2ccc(N3CCN(C4=Nc5ccc(C#N)cc5C4)CC3)cc2)OC1(C)C. The molecule has 2 aromatic rings. The second-order valence-electron chi connectivity index (χ2n) is 9.81. The molecule has 2 saturated heterocycles. The van der Waals surface area contributed by atoms with Gasteiger partial charge in [0.1, 0.15) is 5.84 Å². The number of aliphatic imine (C=N–C) groups is 1. The highest BCUT2D eigenvalue weighted by Gasteiger charge is 2.51. The third kappa shape index (κ3) is 3.68. The standard InChI is InChI=1S/C25H29BN4O2/c1-24(2)25(3,4)32-26(31-24)20-6-8-21(9-7-20)29-11-13-30(14-12-29)23-16-19-15-18(17-27)5-10-22(19)28-23/h5-10,15H,11-14,16H2,1-4H3. The molecule has 3 aliphatic heterocycles. The van der Waals surface area contributed by atoms with Gasteiger partial charge in [-0.3, -0.25) is 0 Å². The molecule has 0 unspecified atom stereocenters. The normalized spacial score (nSPS) is 21.3. The summed E-state index contributed by atoms with van der Waals surface area (Å²) in [6.45, 7) is 12.1. The zero-order valence-electron chi connectivity index (χ0n) is 19.3. The quantitative estimate of drug-likeness (QED) is 0.688. The highest BCUT2D eigenvalue weighted by Crippen LogP contribution is 2.36. The lowest BCUT2D eigenvalue weighted by Gasteiger charge is -2.37. The van der Waals surface area contributed by atoms with Gasteiger partial charge < -0.3 is 19.1 Å². The van der Waals surface area contributed by atoms with Crippen LogP contribution in [0, 0.1) is 11.3 Å². The smallest absolute Gasteiger partial charge is 0.399 e. The van der Waals surface area contributed by atoms with Gasteiger partial charge in [-0.2, -0.15) is 5.26 Å². The summed E-state index contributed by atoms with van der Waals surface area (Å²) >= 11 is 0. The van der Waals surface area contributed by atoms with Gasteiger partial charge in [-0.1, -0.05) is 12.1 Å². The molecular weight excluding hydrogens is 399 g/mol. The highest BCUT2D eigenvalue weighted by atomic mass is 16.7. The number of hydrogen-bond donors (Lipinski definition) is 0. The van der Waals surface area contributed by atoms with Gasteiger partial charge in [0.05, 0.1) is 28.5 Å². The van der Waals surface area contributed by atoms with E-state index >= 15 is 0 Å². The number of amidine groups is 1. The lowest BCUT2D eigenvalue weighted by atomic mass is 9.79. The van der Waals surface area contributed by atoms with Crippen molar-refractivity contribution in [3.63, 3.8) is 0 Å². The van der Waals surface area contributed by atoms with E-state index in [0.29, 0.717) is 5.56 Å². The molecule has 0 amide bonds. The minimum atomic E-state index is -0.328. The molecule has 0 N–H and O–H groups in total. The number of anilines is 1. The van der Waals surface area contributed by atoms with E-state index in [1.54, 1.807) is 0 Å². The Kier molecular flexibility index (Phi) is 5.03. The van der Waals surface area contributed by atoms with Crippen LogP contribution in [0.25, 0.3) is 0 Å². The van der Waals surface area contributed by atoms with E-state index in [1.807, 2.05) is 18.2 Å². The number of fused-ring (bicyclic) bond motifs is 1. The van der Waals surface area contributed by atoms with Crippen molar-refractivity contribution in [2.75, 3.05) is 31.1 Å². The van der Waals surface area contributed by atoms with Crippen LogP contribution in [0.2, 0.25) is 0 Å². The van der Waals surface area contributed by atoms with Crippen molar-refractivity contribution in [3.8, 4) is 6.07 Å². The minimum absolute atomic E-state index is 0.325. The zero-order valence-corrected chi connectivity index (χ0v) is 19.3. The van der Waals surface area contributed by atoms with Crippen molar-refractivity contribution in [3.05, 3.63) is 53.6 Å². The van der Waals surface area contributed by atoms with E-state index in [0.717, 1.165) is 55.1 Å². The predicted octanol–water partition coefficient (Wildman–Crippen LogP) is 3.27. The van der Waals surface area contributed by atoms with Gasteiger partial charge >= 0.3 is 7.12 Å². The first-order valence-electron chi connectivity index (χ1n) is 11.3. The van der Waals surface area contributed by atoms with Crippen LogP contribution in [-0.2, 0) is 15.7 Å². The van der Waals surface area contributed by atoms with Gasteiger partial charge in [0, 0.05) is 38.3 Å². The summed E-state index contributed by atoms with van der Waals surface area (Å²) in [6.07, 6.45) is 0.813. The Morgan fingerprint density at radius 3 is 2.16 bits per heavy atom. The molecule has 0 bridgehead atoms. The third-order valence-electron chi connectivity index (χ3n) is 7.24. The van der Waals surface area contributed by atoms with Crippen molar-refractivity contribution in [2.24, 2.45) is 4.99 Å². The van der Waals surface area contributed by atoms with Crippen LogP contribution in [-0.4, -0.2) is 55.2 Å². The Balaban J connectivity index is 1.20. The third-order valence-corrected chi connectivity index (χ3v) is 7.24. The fourth-order valence-electron chi connectivity index (χ4n) is 4.48. The van der Waals surface area contributed by atoms with Crippen LogP contribution in [0.3, 0.4) is 0 Å². The van der Waals surface area contributed by atoms with Gasteiger partial charge in [0.15, 0.2) is 0 Å². The molecular formula is C25H29BN4O2. The number of nitrogens with zero attached hydrogens (tertiary/aromatic N) is 4. The summed E-state index contributed by atoms with van der Waals surface area (Å²) in [5.41, 5.74) is 4.48. The van der Waals surface area contributed by atoms with Crippen LogP contribution < -0.4 is 10.4 Å². The summed E-state index contributed by atoms with van der Waals surface area (Å²) < 4.78 is 12.3. The van der Waals surface area contributed by atoms with Gasteiger partial charge in [-0.25, -0.2) is 4.99 Å². The number of nitriles is 1. The molecule has 164 valence electrons. The van der Waals surface area contributed by atoms with Crippen LogP contribution in [0.15, 0.2) is 47.5 Å². The molecule has 32 heavy (non-hydrogen) atoms. The van der Waals surface area contributed by atoms with Crippen molar-refractivity contribution >= 4 is 29.8 Å². The van der Waals surface area contributed by atoms with Crippen molar-refractivity contribution in [2.45, 2.75) is 45.3 Å². The molecule has 2 aromatic carbocycles. The van der Waals surface area contributed by atoms with Gasteiger partial charge in [-0.05, 0) is 69.1 Å². The average Bonchev–Trinajstić information content (AvgIpc) is 3.30. The van der Waals surface area contributed by atoms with Crippen LogP contribution in [0.1, 0.15) is 38.8 Å². The largest absolute Gasteiger partial charge is 0.494 e. The first kappa shape index (κ1) is 21.1. The molecule has 2 fully saturated rings. The lowest BCUT2D eigenvalue weighted by molar-refractivity contribution is 0.00578. The highest BCUT2D eigenvalue weighted by molar-refractivity contribution is 6.62. The molecule has 0 aliphatic carbocycles. The number of rotatable bonds is 2. The molecule has 0 aromatic heterocycles. The van der Waals surface area contributed by atoms with Crippen LogP contribution in [0.5, 0.6) is 0 Å². The summed E-state index contributed by atoms with van der Waals surface area (Å²) in [7, 11) is -0.325. The maximum atomic E-state index is 9.13. The van der Waals surface area contributed by atoms with Crippen LogP contribution in [0.4, 0.5) is 11.4 Å². The maximum Gasteiger partial charge on any atom is 0.494 e. The van der Waals surface area contributed by atoms with E-state index in [9.17, 15) is 0 Å². The Bertz CT molecular complexity index is 1080. The molecule has 0 atom stereocenters. The minimum Gasteiger partial charge on any atom is -0.399 e. The van der Waals surface area contributed by atoms with Gasteiger partial charge in [-0.15, -0.1) is 0 Å². The molecule has 7 heteroatoms. The first-order chi connectivity index (χ1) is 15.3. The summed E-state index contributed by atoms with van der Waals surface area (Å²) in [6, 6.07) is 16.6. The number of hydrogen-bond acceptors (Lipinski definition) is 6. The summed E-state index contributed by atoms with van der Waals surface area (Å²) in [4.78, 5) is 9.61. The molecule has 3 heterocycles. The molecule has 3 aliphatic rings. The van der Waals surface area contributed by atoms with E-state index < -0.39 is 0 Å². The van der Waals surface area contributed by atoms with Gasteiger partial charge in [0.2, 0.25) is 0 Å². The summed E-state index contributed by atoms with van der Waals surface area (Å²) in [5.74, 6) is 1.12. The molecule has 6 nitrogen and oxygen atoms in total. The number of benzene rings is 2.